The third-order valence-electron chi connectivity index (χ3n) is 5.65. The molecule has 1 aliphatic rings. The van der Waals surface area contributed by atoms with Crippen LogP contribution in [0.5, 0.6) is 0 Å². The molecule has 0 radical (unpaired) electrons. The Balaban J connectivity index is 1.44. The normalized spacial score (nSPS) is 14.9. The second kappa shape index (κ2) is 10.8. The molecule has 1 amide bonds. The number of hydrogen-bond donors (Lipinski definition) is 1. The van der Waals surface area contributed by atoms with Crippen molar-refractivity contribution in [3.63, 3.8) is 0 Å². The van der Waals surface area contributed by atoms with Crippen molar-refractivity contribution < 1.29 is 17.6 Å². The van der Waals surface area contributed by atoms with Crippen molar-refractivity contribution in [2.24, 2.45) is 0 Å². The van der Waals surface area contributed by atoms with Gasteiger partial charge in [0, 0.05) is 25.3 Å². The van der Waals surface area contributed by atoms with E-state index in [9.17, 15) is 13.2 Å². The highest BCUT2D eigenvalue weighted by molar-refractivity contribution is 7.89. The smallest absolute Gasteiger partial charge is 0.243 e. The van der Waals surface area contributed by atoms with E-state index < -0.39 is 10.0 Å². The Morgan fingerprint density at radius 3 is 2.45 bits per heavy atom. The first-order valence-electron chi connectivity index (χ1n) is 11.2. The number of sulfonamides is 1. The Labute approximate surface area is 195 Å². The van der Waals surface area contributed by atoms with E-state index in [4.69, 9.17) is 4.42 Å². The van der Waals surface area contributed by atoms with Crippen LogP contribution >= 0.6 is 0 Å². The maximum Gasteiger partial charge on any atom is 0.243 e. The van der Waals surface area contributed by atoms with Crippen LogP contribution in [0.2, 0.25) is 0 Å². The molecule has 4 rings (SSSR count). The monoisotopic (exact) mass is 467 g/mol. The number of nitrogens with zero attached hydrogens (tertiary/aromatic N) is 2. The maximum absolute atomic E-state index is 13.0. The predicted octanol–water partition coefficient (Wildman–Crippen LogP) is 4.10. The summed E-state index contributed by atoms with van der Waals surface area (Å²) in [4.78, 5) is 15.1. The van der Waals surface area contributed by atoms with Crippen molar-refractivity contribution in [1.29, 1.82) is 0 Å². The molecule has 1 saturated heterocycles. The van der Waals surface area contributed by atoms with Gasteiger partial charge in [0.1, 0.15) is 5.76 Å². The van der Waals surface area contributed by atoms with Gasteiger partial charge in [-0.1, -0.05) is 42.8 Å². The molecule has 2 heterocycles. The average Bonchev–Trinajstić information content (AvgIpc) is 3.33. The van der Waals surface area contributed by atoms with Crippen LogP contribution in [0.15, 0.2) is 82.3 Å². The molecular weight excluding hydrogens is 438 g/mol. The fourth-order valence-electron chi connectivity index (χ4n) is 4.02. The van der Waals surface area contributed by atoms with E-state index in [0.29, 0.717) is 31.9 Å². The number of amides is 1. The molecule has 1 fully saturated rings. The molecule has 0 aliphatic carbocycles. The Bertz CT molecular complexity index is 1140. The quantitative estimate of drug-likeness (QED) is 0.512. The summed E-state index contributed by atoms with van der Waals surface area (Å²) in [6, 6.07) is 20.1. The van der Waals surface area contributed by atoms with Gasteiger partial charge in [0.25, 0.3) is 0 Å². The van der Waals surface area contributed by atoms with E-state index >= 15 is 0 Å². The molecule has 0 bridgehead atoms. The van der Waals surface area contributed by atoms with Gasteiger partial charge in [0.05, 0.1) is 24.2 Å². The standard InChI is InChI=1S/C25H29N3O4S/c29-25(20-27(19-23-12-8-16-32-23)18-21-9-3-1-4-10-21)26-22-11-7-13-24(17-22)33(30,31)28-14-5-2-6-15-28/h1,3-4,7-13,16-17H,2,5-6,14-15,18-20H2,(H,26,29). The lowest BCUT2D eigenvalue weighted by Crippen LogP contribution is -2.35. The van der Waals surface area contributed by atoms with Gasteiger partial charge in [-0.3, -0.25) is 9.69 Å². The fraction of sp³-hybridized carbons (Fsp3) is 0.320. The van der Waals surface area contributed by atoms with E-state index in [1.165, 1.54) is 10.4 Å². The molecule has 1 N–H and O–H groups in total. The van der Waals surface area contributed by atoms with Crippen LogP contribution in [0.4, 0.5) is 5.69 Å². The first-order valence-corrected chi connectivity index (χ1v) is 12.6. The largest absolute Gasteiger partial charge is 0.468 e. The summed E-state index contributed by atoms with van der Waals surface area (Å²) in [6.45, 7) is 2.29. The van der Waals surface area contributed by atoms with Gasteiger partial charge in [-0.15, -0.1) is 0 Å². The number of furan rings is 1. The minimum absolute atomic E-state index is 0.138. The van der Waals surface area contributed by atoms with Crippen molar-refractivity contribution in [3.05, 3.63) is 84.3 Å². The predicted molar refractivity (Wildman–Crippen MR) is 127 cm³/mol. The minimum Gasteiger partial charge on any atom is -0.468 e. The zero-order chi connectivity index (χ0) is 23.1. The summed E-state index contributed by atoms with van der Waals surface area (Å²) in [6.07, 6.45) is 4.43. The topological polar surface area (TPSA) is 82.9 Å². The summed E-state index contributed by atoms with van der Waals surface area (Å²) in [5.41, 5.74) is 1.56. The highest BCUT2D eigenvalue weighted by Crippen LogP contribution is 2.23. The molecule has 1 aromatic heterocycles. The summed E-state index contributed by atoms with van der Waals surface area (Å²) < 4.78 is 33.0. The lowest BCUT2D eigenvalue weighted by molar-refractivity contribution is -0.117. The number of rotatable bonds is 9. The molecule has 0 saturated carbocycles. The van der Waals surface area contributed by atoms with Crippen molar-refractivity contribution >= 4 is 21.6 Å². The third-order valence-corrected chi connectivity index (χ3v) is 7.54. The number of piperidine rings is 1. The minimum atomic E-state index is -3.56. The first-order chi connectivity index (χ1) is 16.0. The molecule has 33 heavy (non-hydrogen) atoms. The van der Waals surface area contributed by atoms with Gasteiger partial charge in [-0.05, 0) is 48.7 Å². The van der Waals surface area contributed by atoms with Gasteiger partial charge >= 0.3 is 0 Å². The lowest BCUT2D eigenvalue weighted by Gasteiger charge is -2.26. The van der Waals surface area contributed by atoms with Gasteiger partial charge in [-0.25, -0.2) is 8.42 Å². The SMILES string of the molecule is O=C(CN(Cc1ccccc1)Cc1ccco1)Nc1cccc(S(=O)(=O)N2CCCCC2)c1. The summed E-state index contributed by atoms with van der Waals surface area (Å²) in [5.74, 6) is 0.554. The number of benzene rings is 2. The van der Waals surface area contributed by atoms with Gasteiger partial charge in [-0.2, -0.15) is 4.31 Å². The van der Waals surface area contributed by atoms with E-state index in [1.54, 1.807) is 24.5 Å². The van der Waals surface area contributed by atoms with E-state index in [0.717, 1.165) is 30.6 Å². The molecule has 0 atom stereocenters. The maximum atomic E-state index is 13.0. The summed E-state index contributed by atoms with van der Waals surface area (Å²) in [5, 5.41) is 2.86. The lowest BCUT2D eigenvalue weighted by atomic mass is 10.2. The van der Waals surface area contributed by atoms with Crippen molar-refractivity contribution in [3.8, 4) is 0 Å². The zero-order valence-electron chi connectivity index (χ0n) is 18.5. The second-order valence-corrected chi connectivity index (χ2v) is 10.2. The van der Waals surface area contributed by atoms with Crippen LogP contribution < -0.4 is 5.32 Å². The van der Waals surface area contributed by atoms with Gasteiger partial charge in [0.15, 0.2) is 0 Å². The zero-order valence-corrected chi connectivity index (χ0v) is 19.3. The second-order valence-electron chi connectivity index (χ2n) is 8.25. The summed E-state index contributed by atoms with van der Waals surface area (Å²) in [7, 11) is -3.56. The van der Waals surface area contributed by atoms with Crippen LogP contribution in [0.3, 0.4) is 0 Å². The molecule has 0 spiro atoms. The highest BCUT2D eigenvalue weighted by atomic mass is 32.2. The Morgan fingerprint density at radius 1 is 0.939 bits per heavy atom. The van der Waals surface area contributed by atoms with Gasteiger partial charge in [0.2, 0.25) is 15.9 Å². The van der Waals surface area contributed by atoms with E-state index in [2.05, 4.69) is 5.32 Å². The number of anilines is 1. The first kappa shape index (κ1) is 23.2. The molecule has 1 aliphatic heterocycles. The number of carbonyl (C=O) groups excluding carboxylic acids is 1. The highest BCUT2D eigenvalue weighted by Gasteiger charge is 2.26. The van der Waals surface area contributed by atoms with Crippen LogP contribution in [0.25, 0.3) is 0 Å². The van der Waals surface area contributed by atoms with Crippen molar-refractivity contribution in [2.45, 2.75) is 37.2 Å². The van der Waals surface area contributed by atoms with Crippen LogP contribution in [0, 0.1) is 0 Å². The van der Waals surface area contributed by atoms with Crippen molar-refractivity contribution in [2.75, 3.05) is 25.0 Å². The molecule has 0 unspecified atom stereocenters. The number of nitrogens with one attached hydrogen (secondary N) is 1. The Morgan fingerprint density at radius 2 is 1.73 bits per heavy atom. The summed E-state index contributed by atoms with van der Waals surface area (Å²) >= 11 is 0. The average molecular weight is 468 g/mol. The number of carbonyl (C=O) groups is 1. The van der Waals surface area contributed by atoms with E-state index in [1.807, 2.05) is 47.4 Å². The van der Waals surface area contributed by atoms with Crippen LogP contribution in [0.1, 0.15) is 30.6 Å². The van der Waals surface area contributed by atoms with Crippen molar-refractivity contribution in [1.82, 2.24) is 9.21 Å². The fourth-order valence-corrected chi connectivity index (χ4v) is 5.59. The molecule has 3 aromatic rings. The Kier molecular flexibility index (Phi) is 7.59. The molecule has 174 valence electrons. The molecular formula is C25H29N3O4S. The third kappa shape index (κ3) is 6.31. The Hall–Kier alpha value is -2.94. The molecule has 7 nitrogen and oxygen atoms in total. The number of hydrogen-bond acceptors (Lipinski definition) is 5. The molecule has 8 heteroatoms. The molecule has 2 aromatic carbocycles. The van der Waals surface area contributed by atoms with Crippen LogP contribution in [-0.4, -0.2) is 43.2 Å². The van der Waals surface area contributed by atoms with E-state index in [-0.39, 0.29) is 17.3 Å². The van der Waals surface area contributed by atoms with Gasteiger partial charge < -0.3 is 9.73 Å². The van der Waals surface area contributed by atoms with Crippen LogP contribution in [-0.2, 0) is 27.9 Å².